The molecule has 0 aromatic heterocycles. The van der Waals surface area contributed by atoms with Crippen LogP contribution in [0.2, 0.25) is 13.6 Å². The van der Waals surface area contributed by atoms with E-state index in [0.29, 0.717) is 48.7 Å². The van der Waals surface area contributed by atoms with E-state index in [1.54, 1.807) is 47.1 Å². The number of aldehydes is 1. The summed E-state index contributed by atoms with van der Waals surface area (Å²) in [5, 5.41) is 34.1. The maximum Gasteiger partial charge on any atom is 0.373 e. The molecule has 3 aromatic carbocycles. The number of nitrogens with two attached hydrogens (primary N) is 2. The van der Waals surface area contributed by atoms with E-state index in [0.717, 1.165) is 53.9 Å². The molecule has 0 unspecified atom stereocenters. The Bertz CT molecular complexity index is 2040. The normalized spacial score (nSPS) is 12.1. The number of aliphatic carboxylic acids is 1. The highest BCUT2D eigenvalue weighted by molar-refractivity contribution is 6.45. The van der Waals surface area contributed by atoms with Crippen LogP contribution in [-0.2, 0) is 60.8 Å². The summed E-state index contributed by atoms with van der Waals surface area (Å²) in [6, 6.07) is 16.4. The summed E-state index contributed by atoms with van der Waals surface area (Å²) in [4.78, 5) is 44.0. The van der Waals surface area contributed by atoms with Gasteiger partial charge in [-0.05, 0) is 158 Å². The van der Waals surface area contributed by atoms with Crippen molar-refractivity contribution in [1.29, 1.82) is 0 Å². The summed E-state index contributed by atoms with van der Waals surface area (Å²) in [7, 11) is 3.34. The van der Waals surface area contributed by atoms with Crippen LogP contribution in [-0.4, -0.2) is 122 Å². The first-order valence-corrected chi connectivity index (χ1v) is 25.5. The second-order valence-corrected chi connectivity index (χ2v) is 20.0. The van der Waals surface area contributed by atoms with Gasteiger partial charge in [-0.15, -0.1) is 34.8 Å². The van der Waals surface area contributed by atoms with Crippen LogP contribution in [0.4, 0.5) is 5.69 Å². The zero-order valence-corrected chi connectivity index (χ0v) is 46.4. The van der Waals surface area contributed by atoms with E-state index in [4.69, 9.17) is 79.9 Å². The molecule has 3 rings (SSSR count). The molecule has 0 aliphatic carbocycles. The minimum Gasteiger partial charge on any atom is -0.496 e. The van der Waals surface area contributed by atoms with Gasteiger partial charge >= 0.3 is 32.0 Å². The smallest absolute Gasteiger partial charge is 0.373 e. The van der Waals surface area contributed by atoms with E-state index in [9.17, 15) is 24.4 Å². The van der Waals surface area contributed by atoms with E-state index >= 15 is 0 Å². The van der Waals surface area contributed by atoms with Gasteiger partial charge < -0.3 is 65.6 Å². The lowest BCUT2D eigenvalue weighted by molar-refractivity contribution is -0.156. The molecule has 0 spiro atoms. The number of carboxylic acids is 1. The van der Waals surface area contributed by atoms with E-state index in [1.165, 1.54) is 11.1 Å². The fraction of sp³-hybridized carbons (Fsp3) is 0.569. The second kappa shape index (κ2) is 36.6. The second-order valence-electron chi connectivity index (χ2n) is 18.9. The van der Waals surface area contributed by atoms with Gasteiger partial charge in [0, 0.05) is 35.6 Å². The molecule has 9 N–H and O–H groups in total. The van der Waals surface area contributed by atoms with Gasteiger partial charge in [0.15, 0.2) is 0 Å². The van der Waals surface area contributed by atoms with Crippen molar-refractivity contribution in [2.45, 2.75) is 149 Å². The molecule has 0 saturated heterocycles. The van der Waals surface area contributed by atoms with Gasteiger partial charge in [0.2, 0.25) is 0 Å². The number of carboxylic acid groups (broad SMARTS) is 1. The molecule has 0 bridgehead atoms. The van der Waals surface area contributed by atoms with Crippen LogP contribution in [0.15, 0.2) is 54.6 Å². The number of carbonyl (C=O) groups is 4. The first kappa shape index (κ1) is 67.7. The molecule has 3 aromatic rings. The number of ether oxygens (including phenoxy) is 5. The maximum atomic E-state index is 12.2. The number of hydrogen-bond donors (Lipinski definition) is 7. The Labute approximate surface area is 444 Å². The number of hydrogen-bond acceptors (Lipinski definition) is 15. The highest BCUT2D eigenvalue weighted by Crippen LogP contribution is 2.26. The zero-order chi connectivity index (χ0) is 55.0. The maximum absolute atomic E-state index is 12.2. The summed E-state index contributed by atoms with van der Waals surface area (Å²) in [5.74, 6) is 2.06. The van der Waals surface area contributed by atoms with Crippen LogP contribution in [0.5, 0.6) is 17.2 Å². The van der Waals surface area contributed by atoms with Crippen molar-refractivity contribution in [3.8, 4) is 17.2 Å². The fourth-order valence-corrected chi connectivity index (χ4v) is 7.40. The Hall–Kier alpha value is -4.26. The third-order valence-corrected chi connectivity index (χ3v) is 10.4. The lowest BCUT2D eigenvalue weighted by atomic mass is 9.85. The number of benzene rings is 3. The van der Waals surface area contributed by atoms with Gasteiger partial charge in [-0.25, -0.2) is 0 Å². The molecule has 21 heteroatoms. The van der Waals surface area contributed by atoms with Crippen molar-refractivity contribution < 1.29 is 58.0 Å². The minimum absolute atomic E-state index is 0.0466. The van der Waals surface area contributed by atoms with Crippen LogP contribution >= 0.6 is 34.8 Å². The number of esters is 2. The summed E-state index contributed by atoms with van der Waals surface area (Å²) >= 11 is 16.3. The Morgan fingerprint density at radius 1 is 0.653 bits per heavy atom. The largest absolute Gasteiger partial charge is 0.496 e. The van der Waals surface area contributed by atoms with E-state index in [2.05, 4.69) is 16.5 Å². The first-order chi connectivity index (χ1) is 33.7. The SMILES string of the molecule is COc1ccc(CCCCl)cc1C[C@@H](CC(=O)OC(C)(C)C)NB(C)O.COc1ccc(CCCCl)cc1C[C@H](N)CC(=O)O.COc1ccc(N)cc1C[C@@H](CC(=O)OC(C)(C)C)NB(C)O.O=CCCl. The quantitative estimate of drug-likeness (QED) is 0.0135. The monoisotopic (exact) mass is 1070 g/mol. The average molecular weight is 1070 g/mol. The number of anilines is 1. The molecule has 0 saturated carbocycles. The van der Waals surface area contributed by atoms with Crippen molar-refractivity contribution in [3.63, 3.8) is 0 Å². The van der Waals surface area contributed by atoms with Crippen molar-refractivity contribution in [3.05, 3.63) is 82.4 Å². The van der Waals surface area contributed by atoms with Crippen molar-refractivity contribution >= 4 is 78.8 Å². The zero-order valence-electron chi connectivity index (χ0n) is 44.2. The number of rotatable bonds is 26. The molecule has 0 heterocycles. The topological polar surface area (TPSA) is 251 Å². The number of nitrogen functional groups attached to an aromatic ring is 1. The van der Waals surface area contributed by atoms with Gasteiger partial charge in [-0.1, -0.05) is 24.3 Å². The Kier molecular flexibility index (Phi) is 34.5. The molecule has 0 radical (unpaired) electrons. The Balaban J connectivity index is 0.00000102. The van der Waals surface area contributed by atoms with Crippen molar-refractivity contribution in [1.82, 2.24) is 10.5 Å². The first-order valence-electron chi connectivity index (χ1n) is 23.9. The molecular formula is C51H81B2Cl3N4O12. The minimum atomic E-state index is -0.884. The Morgan fingerprint density at radius 3 is 1.33 bits per heavy atom. The molecule has 0 aliphatic rings. The summed E-state index contributed by atoms with van der Waals surface area (Å²) in [5.41, 5.74) is 16.3. The standard InChI is InChI=1S/C19H31BClNO4.C16H27BN2O4.C14H20ClNO3.C2H3ClO/c1-19(2,3)26-18(23)13-16(22-20(4)24)12-15-11-14(7-6-10-21)8-9-17(15)25-5;1-16(2,3)23-15(20)10-13(19-17(4)21)9-11-8-12(18)6-7-14(11)22-5;1-19-13-5-4-10(3-2-6-15)7-11(13)8-12(16)9-14(17)18;3-1-2-4/h8-9,11,16,22,24H,6-7,10,12-13H2,1-5H3;6-8,13,19,21H,9-10,18H2,1-5H3;4-5,7,12H,2-3,6,8-9,16H2,1H3,(H,17,18);2H,1H2/t16-;13-;12-;/m000./s1. The molecular weight excluding hydrogens is 989 g/mol. The number of nitrogens with one attached hydrogen (secondary N) is 2. The number of aryl methyl sites for hydroxylation is 2. The summed E-state index contributed by atoms with van der Waals surface area (Å²) in [6.45, 7) is 14.2. The lowest BCUT2D eigenvalue weighted by Gasteiger charge is -2.24. The Morgan fingerprint density at radius 2 is 1.01 bits per heavy atom. The summed E-state index contributed by atoms with van der Waals surface area (Å²) in [6.07, 6.45) is 6.02. The van der Waals surface area contributed by atoms with Gasteiger partial charge in [-0.3, -0.25) is 14.4 Å². The van der Waals surface area contributed by atoms with Crippen molar-refractivity contribution in [2.24, 2.45) is 5.73 Å². The molecule has 0 amide bonds. The number of alkyl halides is 3. The highest BCUT2D eigenvalue weighted by Gasteiger charge is 2.25. The molecule has 0 fully saturated rings. The third-order valence-electron chi connectivity index (χ3n) is 9.73. The van der Waals surface area contributed by atoms with Crippen LogP contribution in [0.25, 0.3) is 0 Å². The number of methoxy groups -OCH3 is 3. The lowest BCUT2D eigenvalue weighted by Crippen LogP contribution is -2.43. The van der Waals surface area contributed by atoms with E-state index in [-0.39, 0.29) is 49.2 Å². The summed E-state index contributed by atoms with van der Waals surface area (Å²) < 4.78 is 26.8. The molecule has 3 atom stereocenters. The number of halogens is 3. The van der Waals surface area contributed by atoms with Crippen LogP contribution < -0.4 is 36.1 Å². The third kappa shape index (κ3) is 32.7. The van der Waals surface area contributed by atoms with Crippen LogP contribution in [0.3, 0.4) is 0 Å². The molecule has 404 valence electrons. The highest BCUT2D eigenvalue weighted by atomic mass is 35.5. The number of carbonyl (C=O) groups excluding carboxylic acids is 3. The molecule has 0 aliphatic heterocycles. The van der Waals surface area contributed by atoms with Crippen molar-refractivity contribution in [2.75, 3.05) is 44.7 Å². The van der Waals surface area contributed by atoms with E-state index < -0.39 is 37.3 Å². The average Bonchev–Trinajstić information content (AvgIpc) is 3.26. The predicted octanol–water partition coefficient (Wildman–Crippen LogP) is 7.46. The van der Waals surface area contributed by atoms with Gasteiger partial charge in [0.1, 0.15) is 34.7 Å². The fourth-order valence-electron chi connectivity index (χ4n) is 7.13. The van der Waals surface area contributed by atoms with Crippen LogP contribution in [0, 0.1) is 0 Å². The van der Waals surface area contributed by atoms with Gasteiger partial charge in [0.05, 0.1) is 46.5 Å². The van der Waals surface area contributed by atoms with Crippen LogP contribution in [0.1, 0.15) is 101 Å². The molecule has 72 heavy (non-hydrogen) atoms. The predicted molar refractivity (Wildman–Crippen MR) is 292 cm³/mol. The molecule has 16 nitrogen and oxygen atoms in total. The van der Waals surface area contributed by atoms with E-state index in [1.807, 2.05) is 77.9 Å². The van der Waals surface area contributed by atoms with Gasteiger partial charge in [0.25, 0.3) is 0 Å². The van der Waals surface area contributed by atoms with Gasteiger partial charge in [-0.2, -0.15) is 0 Å².